The third kappa shape index (κ3) is 4.00. The van der Waals surface area contributed by atoms with Crippen LogP contribution in [0.2, 0.25) is 0 Å². The zero-order chi connectivity index (χ0) is 33.2. The molecule has 0 saturated heterocycles. The second-order valence-electron chi connectivity index (χ2n) is 13.1. The van der Waals surface area contributed by atoms with Crippen LogP contribution >= 0.6 is 0 Å². The fourth-order valence-corrected chi connectivity index (χ4v) is 7.38. The van der Waals surface area contributed by atoms with Gasteiger partial charge in [0, 0.05) is 74.5 Å². The normalized spacial score (nSPS) is 17.0. The maximum absolute atomic E-state index is 6.46. The highest BCUT2D eigenvalue weighted by Crippen LogP contribution is 2.36. The number of anilines is 7. The quantitative estimate of drug-likeness (QED) is 0.141. The van der Waals surface area contributed by atoms with E-state index in [0.29, 0.717) is 65.5 Å². The number of nitrogens with two attached hydrogens (primary N) is 7. The molecule has 0 spiro atoms. The summed E-state index contributed by atoms with van der Waals surface area (Å²) in [7, 11) is 0. The van der Waals surface area contributed by atoms with Crippen molar-refractivity contribution in [3.63, 3.8) is 0 Å². The van der Waals surface area contributed by atoms with E-state index in [1.807, 2.05) is 49.4 Å². The zero-order valence-electron chi connectivity index (χ0n) is 26.3. The summed E-state index contributed by atoms with van der Waals surface area (Å²) in [6.07, 6.45) is 1.97. The summed E-state index contributed by atoms with van der Waals surface area (Å²) in [5, 5.41) is 3.74. The molecule has 4 aromatic rings. The lowest BCUT2D eigenvalue weighted by Gasteiger charge is -2.07. The first kappa shape index (κ1) is 27.9. The number of fused-ring (bicyclic) bond motifs is 16. The molecule has 0 radical (unpaired) electrons. The monoisotopic (exact) mass is 631 g/mol. The van der Waals surface area contributed by atoms with E-state index in [2.05, 4.69) is 6.07 Å². The largest absolute Gasteiger partial charge is 0.398 e. The Labute approximate surface area is 275 Å². The van der Waals surface area contributed by atoms with Crippen molar-refractivity contribution < 1.29 is 0 Å². The molecular formula is C37H33N11. The second kappa shape index (κ2) is 9.58. The van der Waals surface area contributed by atoms with Crippen LogP contribution in [-0.4, -0.2) is 22.8 Å². The van der Waals surface area contributed by atoms with E-state index in [9.17, 15) is 0 Å². The number of rotatable bonds is 0. The van der Waals surface area contributed by atoms with Crippen LogP contribution in [0.5, 0.6) is 0 Å². The molecule has 0 fully saturated rings. The number of aryl methyl sites for hydroxylation is 1. The summed E-state index contributed by atoms with van der Waals surface area (Å²) < 4.78 is 0. The molecule has 11 nitrogen and oxygen atoms in total. The van der Waals surface area contributed by atoms with Gasteiger partial charge in [-0.15, -0.1) is 0 Å². The van der Waals surface area contributed by atoms with Crippen molar-refractivity contribution in [2.75, 3.05) is 40.1 Å². The van der Waals surface area contributed by atoms with Crippen molar-refractivity contribution in [3.05, 3.63) is 97.2 Å². The Balaban J connectivity index is 1.40. The lowest BCUT2D eigenvalue weighted by Crippen LogP contribution is -2.26. The van der Waals surface area contributed by atoms with Crippen molar-refractivity contribution in [2.24, 2.45) is 20.0 Å². The number of hydrogen-bond acceptors (Lipinski definition) is 11. The standard InChI is InChI=1S/C37H33N11/c1-14-2-15-16(3-23(14)38)31-10-30(15)45-32-11-34(18-5-25(40)24(39)4-17(18)32)47-36-13-37(22-9-29(44)28(43)8-21(22)36)48-35-12-33(46-31)19-6-26(41)27(42)7-20(19)35/h2-9H,10-13,38-44H2,1H3. The van der Waals surface area contributed by atoms with Crippen LogP contribution in [0.15, 0.2) is 68.5 Å². The lowest BCUT2D eigenvalue weighted by molar-refractivity contribution is 1.28. The third-order valence-corrected chi connectivity index (χ3v) is 9.98. The summed E-state index contributed by atoms with van der Waals surface area (Å²) in [4.78, 5) is 21.2. The van der Waals surface area contributed by atoms with Gasteiger partial charge in [-0.1, -0.05) is 0 Å². The van der Waals surface area contributed by atoms with Gasteiger partial charge in [0.2, 0.25) is 0 Å². The van der Waals surface area contributed by atoms with Gasteiger partial charge in [-0.3, -0.25) is 20.0 Å². The van der Waals surface area contributed by atoms with Crippen molar-refractivity contribution in [1.82, 2.24) is 0 Å². The molecule has 11 heteroatoms. The molecule has 0 unspecified atom stereocenters. The van der Waals surface area contributed by atoms with Gasteiger partial charge in [-0.2, -0.15) is 0 Å². The van der Waals surface area contributed by atoms with E-state index in [1.165, 1.54) is 0 Å². The minimum atomic E-state index is 0.475. The van der Waals surface area contributed by atoms with Gasteiger partial charge in [0.15, 0.2) is 0 Å². The molecule has 14 N–H and O–H groups in total. The van der Waals surface area contributed by atoms with Gasteiger partial charge < -0.3 is 40.1 Å². The van der Waals surface area contributed by atoms with E-state index in [4.69, 9.17) is 60.1 Å². The molecule has 1 heterocycles. The fraction of sp³-hybridized carbons (Fsp3) is 0.135. The lowest BCUT2D eigenvalue weighted by atomic mass is 10.1. The topological polar surface area (TPSA) is 232 Å². The molecule has 9 rings (SSSR count). The highest BCUT2D eigenvalue weighted by molar-refractivity contribution is 6.31. The Hall–Kier alpha value is -6.36. The number of hydrogen-bond donors (Lipinski definition) is 7. The third-order valence-electron chi connectivity index (χ3n) is 9.98. The van der Waals surface area contributed by atoms with Gasteiger partial charge in [0.1, 0.15) is 0 Å². The molecule has 48 heavy (non-hydrogen) atoms. The van der Waals surface area contributed by atoms with Gasteiger partial charge >= 0.3 is 0 Å². The van der Waals surface area contributed by atoms with Crippen molar-refractivity contribution in [3.8, 4) is 0 Å². The average molecular weight is 632 g/mol. The molecule has 0 amide bonds. The molecule has 1 aliphatic heterocycles. The van der Waals surface area contributed by atoms with Crippen LogP contribution in [0.25, 0.3) is 22.8 Å². The summed E-state index contributed by atoms with van der Waals surface area (Å²) in [5.41, 5.74) is 59.6. The van der Waals surface area contributed by atoms with Gasteiger partial charge in [0.05, 0.1) is 79.8 Å². The van der Waals surface area contributed by atoms with E-state index in [-0.39, 0.29) is 0 Å². The molecule has 4 aliphatic carbocycles. The maximum Gasteiger partial charge on any atom is 0.0554 e. The summed E-state index contributed by atoms with van der Waals surface area (Å²) in [5.74, 6) is 0. The molecule has 8 bridgehead atoms. The number of aliphatic imine (C=N–C) groups is 4. The first-order chi connectivity index (χ1) is 23.0. The second-order valence-corrected chi connectivity index (χ2v) is 13.1. The molecule has 236 valence electrons. The SMILES string of the molecule is Cc1cc2c(cc1N)=C1CC=2N=C2CC(=NC3=c4cc(N)c(N)cc4=C(C3)N=C3CC(=N1)c1cc(N)c(N)cc13)c1cc(N)c(N)cc12. The predicted molar refractivity (Wildman–Crippen MR) is 198 cm³/mol. The van der Waals surface area contributed by atoms with Crippen LogP contribution in [-0.2, 0) is 0 Å². The molecule has 0 atom stereocenters. The smallest absolute Gasteiger partial charge is 0.0554 e. The van der Waals surface area contributed by atoms with Crippen molar-refractivity contribution in [2.45, 2.75) is 32.6 Å². The van der Waals surface area contributed by atoms with Gasteiger partial charge in [-0.25, -0.2) is 0 Å². The Morgan fingerprint density at radius 2 is 0.625 bits per heavy atom. The molecule has 0 aromatic heterocycles. The maximum atomic E-state index is 6.46. The molecule has 0 saturated carbocycles. The summed E-state index contributed by atoms with van der Waals surface area (Å²) >= 11 is 0. The number of nitrogens with zero attached hydrogens (tertiary/aromatic N) is 4. The first-order valence-electron chi connectivity index (χ1n) is 15.8. The Bertz CT molecular complexity index is 2280. The van der Waals surface area contributed by atoms with Crippen molar-refractivity contribution >= 4 is 85.4 Å². The average Bonchev–Trinajstić information content (AvgIpc) is 3.74. The van der Waals surface area contributed by atoms with E-state index >= 15 is 0 Å². The molecular weight excluding hydrogens is 598 g/mol. The Morgan fingerprint density at radius 1 is 0.354 bits per heavy atom. The Kier molecular flexibility index (Phi) is 5.57. The first-order valence-corrected chi connectivity index (χ1v) is 15.8. The van der Waals surface area contributed by atoms with Crippen molar-refractivity contribution in [1.29, 1.82) is 0 Å². The minimum absolute atomic E-state index is 0.475. The van der Waals surface area contributed by atoms with Gasteiger partial charge in [0.25, 0.3) is 0 Å². The summed E-state index contributed by atoms with van der Waals surface area (Å²) in [6.45, 7) is 2.00. The van der Waals surface area contributed by atoms with Crippen LogP contribution in [0.4, 0.5) is 39.8 Å². The molecule has 5 aliphatic rings. The number of benzene rings is 4. The van der Waals surface area contributed by atoms with Crippen LogP contribution < -0.4 is 61.0 Å². The van der Waals surface area contributed by atoms with Crippen LogP contribution in [0.3, 0.4) is 0 Å². The molecule has 4 aromatic carbocycles. The van der Waals surface area contributed by atoms with E-state index in [0.717, 1.165) is 94.3 Å². The van der Waals surface area contributed by atoms with Gasteiger partial charge in [-0.05, 0) is 61.0 Å². The van der Waals surface area contributed by atoms with Crippen LogP contribution in [0, 0.1) is 6.92 Å². The highest BCUT2D eigenvalue weighted by atomic mass is 14.9. The minimum Gasteiger partial charge on any atom is -0.398 e. The highest BCUT2D eigenvalue weighted by Gasteiger charge is 2.31. The Morgan fingerprint density at radius 3 is 0.958 bits per heavy atom. The number of nitrogen functional groups attached to an aromatic ring is 7. The zero-order valence-corrected chi connectivity index (χ0v) is 26.3. The van der Waals surface area contributed by atoms with Crippen LogP contribution in [0.1, 0.15) is 53.5 Å². The van der Waals surface area contributed by atoms with E-state index < -0.39 is 0 Å². The van der Waals surface area contributed by atoms with E-state index in [1.54, 1.807) is 0 Å². The summed E-state index contributed by atoms with van der Waals surface area (Å²) in [6, 6.07) is 15.5. The fourth-order valence-electron chi connectivity index (χ4n) is 7.38. The predicted octanol–water partition coefficient (Wildman–Crippen LogP) is 1.39.